The fourth-order valence-corrected chi connectivity index (χ4v) is 0.295. The van der Waals surface area contributed by atoms with Gasteiger partial charge in [-0.15, -0.1) is 0 Å². The van der Waals surface area contributed by atoms with Crippen molar-refractivity contribution in [1.82, 2.24) is 0 Å². The molecule has 0 fully saturated rings. The van der Waals surface area contributed by atoms with Gasteiger partial charge in [0.15, 0.2) is 0 Å². The maximum atomic E-state index is 8.25. The third-order valence-corrected chi connectivity index (χ3v) is 1.48. The normalized spacial score (nSPS) is 15.2. The lowest BCUT2D eigenvalue weighted by molar-refractivity contribution is 0.0923. The minimum Gasteiger partial charge on any atom is -0.429 e. The number of hydrogen-bond donors (Lipinski definition) is 1. The van der Waals surface area contributed by atoms with Crippen molar-refractivity contribution < 1.29 is 9.68 Å². The van der Waals surface area contributed by atoms with Crippen LogP contribution in [-0.2, 0) is 4.65 Å². The standard InChI is InChI=1S/C6H14BO2/c1-5(9-7-8)6(2,3)4/h5,8H,1-4H3. The van der Waals surface area contributed by atoms with Gasteiger partial charge in [0.2, 0.25) is 0 Å². The zero-order chi connectivity index (χ0) is 7.49. The van der Waals surface area contributed by atoms with Crippen molar-refractivity contribution in [3.05, 3.63) is 0 Å². The Morgan fingerprint density at radius 3 is 2.00 bits per heavy atom. The predicted molar refractivity (Wildman–Crippen MR) is 38.0 cm³/mol. The van der Waals surface area contributed by atoms with Crippen LogP contribution in [0.1, 0.15) is 27.7 Å². The van der Waals surface area contributed by atoms with Crippen molar-refractivity contribution in [2.75, 3.05) is 0 Å². The molecule has 0 rings (SSSR count). The van der Waals surface area contributed by atoms with Gasteiger partial charge in [0.05, 0.1) is 0 Å². The van der Waals surface area contributed by atoms with Crippen LogP contribution in [-0.4, -0.2) is 18.8 Å². The van der Waals surface area contributed by atoms with E-state index in [9.17, 15) is 0 Å². The van der Waals surface area contributed by atoms with Crippen LogP contribution in [0.3, 0.4) is 0 Å². The van der Waals surface area contributed by atoms with Gasteiger partial charge < -0.3 is 9.68 Å². The molecule has 0 spiro atoms. The fraction of sp³-hybridized carbons (Fsp3) is 1.00. The van der Waals surface area contributed by atoms with Gasteiger partial charge in [0, 0.05) is 6.10 Å². The SMILES string of the molecule is CC(O[B]O)C(C)(C)C. The average molecular weight is 129 g/mol. The van der Waals surface area contributed by atoms with Crippen molar-refractivity contribution in [3.8, 4) is 0 Å². The summed E-state index contributed by atoms with van der Waals surface area (Å²) in [6.07, 6.45) is 0.0579. The smallest absolute Gasteiger partial charge is 0.429 e. The van der Waals surface area contributed by atoms with E-state index in [4.69, 9.17) is 9.68 Å². The second-order valence-electron chi connectivity index (χ2n) is 3.25. The molecule has 0 aliphatic rings. The predicted octanol–water partition coefficient (Wildman–Crippen LogP) is 0.964. The van der Waals surface area contributed by atoms with Crippen LogP contribution in [0.2, 0.25) is 0 Å². The summed E-state index contributed by atoms with van der Waals surface area (Å²) in [6.45, 7) is 8.09. The van der Waals surface area contributed by atoms with Crippen LogP contribution in [0.4, 0.5) is 0 Å². The molecule has 0 amide bonds. The lowest BCUT2D eigenvalue weighted by Gasteiger charge is -2.26. The molecule has 0 aromatic rings. The van der Waals surface area contributed by atoms with E-state index in [1.54, 1.807) is 0 Å². The Kier molecular flexibility index (Phi) is 3.22. The summed E-state index contributed by atoms with van der Waals surface area (Å²) in [7, 11) is 0.746. The van der Waals surface area contributed by atoms with E-state index in [0.29, 0.717) is 0 Å². The summed E-state index contributed by atoms with van der Waals surface area (Å²) in [6, 6.07) is 0. The first kappa shape index (κ1) is 8.98. The number of hydrogen-bond acceptors (Lipinski definition) is 2. The molecule has 0 aromatic carbocycles. The Hall–Kier alpha value is -0.0151. The Labute approximate surface area is 57.5 Å². The van der Waals surface area contributed by atoms with E-state index in [-0.39, 0.29) is 11.5 Å². The molecule has 53 valence electrons. The molecule has 0 heterocycles. The van der Waals surface area contributed by atoms with Gasteiger partial charge in [0.1, 0.15) is 0 Å². The van der Waals surface area contributed by atoms with Crippen LogP contribution in [0, 0.1) is 5.41 Å². The van der Waals surface area contributed by atoms with Crippen molar-refractivity contribution >= 4 is 7.69 Å². The van der Waals surface area contributed by atoms with Gasteiger partial charge in [-0.1, -0.05) is 20.8 Å². The molecular weight excluding hydrogens is 115 g/mol. The molecule has 0 aliphatic heterocycles. The zero-order valence-corrected chi connectivity index (χ0v) is 6.51. The summed E-state index contributed by atoms with van der Waals surface area (Å²) in [5.74, 6) is 0. The Balaban J connectivity index is 3.59. The molecule has 9 heavy (non-hydrogen) atoms. The van der Waals surface area contributed by atoms with Crippen molar-refractivity contribution in [3.63, 3.8) is 0 Å². The van der Waals surface area contributed by atoms with Gasteiger partial charge in [0.25, 0.3) is 0 Å². The van der Waals surface area contributed by atoms with E-state index in [1.165, 1.54) is 0 Å². The molecule has 1 atom stereocenters. The van der Waals surface area contributed by atoms with Gasteiger partial charge in [-0.25, -0.2) is 0 Å². The molecule has 0 aliphatic carbocycles. The molecule has 1 unspecified atom stereocenters. The van der Waals surface area contributed by atoms with E-state index in [0.717, 1.165) is 7.69 Å². The quantitative estimate of drug-likeness (QED) is 0.562. The lowest BCUT2D eigenvalue weighted by atomic mass is 9.90. The summed E-state index contributed by atoms with van der Waals surface area (Å²) in [5, 5.41) is 8.25. The van der Waals surface area contributed by atoms with Gasteiger partial charge in [-0.2, -0.15) is 0 Å². The molecule has 1 N–H and O–H groups in total. The van der Waals surface area contributed by atoms with E-state index in [1.807, 2.05) is 6.92 Å². The molecule has 0 saturated carbocycles. The van der Waals surface area contributed by atoms with Crippen LogP contribution in [0.25, 0.3) is 0 Å². The van der Waals surface area contributed by atoms with Crippen LogP contribution < -0.4 is 0 Å². The fourth-order valence-electron chi connectivity index (χ4n) is 0.295. The highest BCUT2D eigenvalue weighted by Crippen LogP contribution is 2.20. The van der Waals surface area contributed by atoms with Crippen molar-refractivity contribution in [2.24, 2.45) is 5.41 Å². The van der Waals surface area contributed by atoms with E-state index >= 15 is 0 Å². The van der Waals surface area contributed by atoms with Crippen LogP contribution >= 0.6 is 0 Å². The molecule has 0 bridgehead atoms. The first-order chi connectivity index (χ1) is 3.98. The van der Waals surface area contributed by atoms with Crippen LogP contribution in [0.15, 0.2) is 0 Å². The molecule has 0 aromatic heterocycles. The second kappa shape index (κ2) is 3.23. The van der Waals surface area contributed by atoms with Crippen LogP contribution in [0.5, 0.6) is 0 Å². The van der Waals surface area contributed by atoms with Gasteiger partial charge in [-0.05, 0) is 12.3 Å². The summed E-state index contributed by atoms with van der Waals surface area (Å²) < 4.78 is 4.84. The maximum absolute atomic E-state index is 8.25. The van der Waals surface area contributed by atoms with Crippen molar-refractivity contribution in [1.29, 1.82) is 0 Å². The minimum absolute atomic E-state index is 0.0579. The Morgan fingerprint density at radius 2 is 1.89 bits per heavy atom. The maximum Gasteiger partial charge on any atom is 0.485 e. The summed E-state index contributed by atoms with van der Waals surface area (Å²) in [5.41, 5.74) is 0.0965. The first-order valence-corrected chi connectivity index (χ1v) is 3.10. The third kappa shape index (κ3) is 3.54. The third-order valence-electron chi connectivity index (χ3n) is 1.48. The molecule has 1 radical (unpaired) electrons. The summed E-state index contributed by atoms with van der Waals surface area (Å²) >= 11 is 0. The minimum atomic E-state index is 0.0579. The van der Waals surface area contributed by atoms with E-state index in [2.05, 4.69) is 20.8 Å². The highest BCUT2D eigenvalue weighted by atomic mass is 16.5. The lowest BCUT2D eigenvalue weighted by Crippen LogP contribution is -2.27. The van der Waals surface area contributed by atoms with Crippen molar-refractivity contribution in [2.45, 2.75) is 33.8 Å². The number of rotatable bonds is 2. The van der Waals surface area contributed by atoms with E-state index < -0.39 is 0 Å². The zero-order valence-electron chi connectivity index (χ0n) is 6.51. The molecule has 3 heteroatoms. The van der Waals surface area contributed by atoms with Gasteiger partial charge in [-0.3, -0.25) is 0 Å². The van der Waals surface area contributed by atoms with Gasteiger partial charge >= 0.3 is 7.69 Å². The highest BCUT2D eigenvalue weighted by molar-refractivity contribution is 6.15. The Bertz CT molecular complexity index is 77.6. The largest absolute Gasteiger partial charge is 0.485 e. The first-order valence-electron chi connectivity index (χ1n) is 3.10. The highest BCUT2D eigenvalue weighted by Gasteiger charge is 2.19. The average Bonchev–Trinajstić information content (AvgIpc) is 1.64. The Morgan fingerprint density at radius 1 is 1.44 bits per heavy atom. The monoisotopic (exact) mass is 129 g/mol. The topological polar surface area (TPSA) is 29.5 Å². The molecule has 2 nitrogen and oxygen atoms in total. The molecular formula is C6H14BO2. The molecule has 0 saturated heterocycles. The second-order valence-corrected chi connectivity index (χ2v) is 3.25. The summed E-state index contributed by atoms with van der Waals surface area (Å²) in [4.78, 5) is 0.